The molecule has 0 aromatic rings. The summed E-state index contributed by atoms with van der Waals surface area (Å²) < 4.78 is 10.5. The van der Waals surface area contributed by atoms with Crippen molar-refractivity contribution in [3.63, 3.8) is 0 Å². The Hall–Kier alpha value is -1.85. The van der Waals surface area contributed by atoms with Crippen LogP contribution in [0.3, 0.4) is 0 Å². The third-order valence-electron chi connectivity index (χ3n) is 2.79. The number of hydrogen-bond acceptors (Lipinski definition) is 5. The third kappa shape index (κ3) is 4.68. The predicted molar refractivity (Wildman–Crippen MR) is 73.4 cm³/mol. The van der Waals surface area contributed by atoms with Crippen LogP contribution < -0.4 is 0 Å². The van der Waals surface area contributed by atoms with Crippen LogP contribution in [0.15, 0.2) is 23.1 Å². The van der Waals surface area contributed by atoms with Crippen LogP contribution in [0.2, 0.25) is 0 Å². The van der Waals surface area contributed by atoms with Crippen LogP contribution in [-0.4, -0.2) is 23.6 Å². The molecule has 0 saturated carbocycles. The number of hydrogen-bond donors (Lipinski definition) is 0. The van der Waals surface area contributed by atoms with E-state index in [-0.39, 0.29) is 11.8 Å². The van der Waals surface area contributed by atoms with Crippen LogP contribution in [0.25, 0.3) is 0 Å². The van der Waals surface area contributed by atoms with E-state index < -0.39 is 10.9 Å². The third-order valence-corrected chi connectivity index (χ3v) is 2.79. The normalized spacial score (nSPS) is 15.1. The minimum atomic E-state index is -0.511. The number of ether oxygens (including phenoxy) is 2. The molecule has 6 heteroatoms. The lowest BCUT2D eigenvalue weighted by atomic mass is 10.0. The summed E-state index contributed by atoms with van der Waals surface area (Å²) in [6, 6.07) is 0. The van der Waals surface area contributed by atoms with Crippen LogP contribution in [0.4, 0.5) is 0 Å². The van der Waals surface area contributed by atoms with Crippen molar-refractivity contribution in [2.24, 2.45) is 0 Å². The van der Waals surface area contributed by atoms with Crippen LogP contribution in [0.1, 0.15) is 46.5 Å². The average molecular weight is 283 g/mol. The van der Waals surface area contributed by atoms with Crippen LogP contribution in [0, 0.1) is 10.1 Å². The highest BCUT2D eigenvalue weighted by Crippen LogP contribution is 2.26. The second-order valence-corrected chi connectivity index (χ2v) is 4.89. The Bertz CT molecular complexity index is 437. The largest absolute Gasteiger partial charge is 0.491 e. The summed E-state index contributed by atoms with van der Waals surface area (Å²) in [7, 11) is 0. The van der Waals surface area contributed by atoms with Crippen molar-refractivity contribution in [1.82, 2.24) is 0 Å². The number of carbonyl (C=O) groups is 1. The molecule has 0 N–H and O–H groups in total. The molecule has 1 aliphatic carbocycles. The molecule has 0 amide bonds. The monoisotopic (exact) mass is 283 g/mol. The molecule has 6 nitrogen and oxygen atoms in total. The van der Waals surface area contributed by atoms with Gasteiger partial charge in [0.05, 0.1) is 17.6 Å². The molecule has 0 saturated heterocycles. The smallest absolute Gasteiger partial charge is 0.334 e. The van der Waals surface area contributed by atoms with Crippen molar-refractivity contribution < 1.29 is 19.2 Å². The molecule has 0 bridgehead atoms. The van der Waals surface area contributed by atoms with Gasteiger partial charge in [0, 0.05) is 18.1 Å². The van der Waals surface area contributed by atoms with Crippen LogP contribution in [-0.2, 0) is 14.3 Å². The zero-order chi connectivity index (χ0) is 15.1. The molecule has 0 fully saturated rings. The number of rotatable bonds is 7. The number of unbranched alkanes of at least 4 members (excludes halogenated alkanes) is 1. The molecule has 0 atom stereocenters. The van der Waals surface area contributed by atoms with E-state index in [1.165, 1.54) is 6.08 Å². The Kier molecular flexibility index (Phi) is 6.21. The zero-order valence-corrected chi connectivity index (χ0v) is 12.2. The highest BCUT2D eigenvalue weighted by atomic mass is 16.6. The maximum Gasteiger partial charge on any atom is 0.334 e. The van der Waals surface area contributed by atoms with E-state index in [4.69, 9.17) is 9.47 Å². The first-order valence-corrected chi connectivity index (χ1v) is 6.87. The molecule has 0 heterocycles. The molecular formula is C14H21NO5. The Labute approximate surface area is 118 Å². The minimum Gasteiger partial charge on any atom is -0.491 e. The molecule has 112 valence electrons. The highest BCUT2D eigenvalue weighted by molar-refractivity contribution is 5.89. The molecule has 20 heavy (non-hydrogen) atoms. The fraction of sp³-hybridized carbons (Fsp3) is 0.643. The molecule has 0 spiro atoms. The van der Waals surface area contributed by atoms with Gasteiger partial charge in [-0.05, 0) is 26.7 Å². The van der Waals surface area contributed by atoms with E-state index in [1.807, 2.05) is 6.92 Å². The van der Waals surface area contributed by atoms with E-state index in [9.17, 15) is 14.9 Å². The Morgan fingerprint density at radius 1 is 1.45 bits per heavy atom. The van der Waals surface area contributed by atoms with E-state index in [2.05, 4.69) is 0 Å². The molecule has 0 aliphatic heterocycles. The van der Waals surface area contributed by atoms with Crippen molar-refractivity contribution in [1.29, 1.82) is 0 Å². The highest BCUT2D eigenvalue weighted by Gasteiger charge is 2.27. The second kappa shape index (κ2) is 7.67. The lowest BCUT2D eigenvalue weighted by Crippen LogP contribution is -2.18. The summed E-state index contributed by atoms with van der Waals surface area (Å²) in [5, 5.41) is 11.1. The fourth-order valence-electron chi connectivity index (χ4n) is 1.79. The lowest BCUT2D eigenvalue weighted by Gasteiger charge is -2.16. The summed E-state index contributed by atoms with van der Waals surface area (Å²) in [6.07, 6.45) is 3.61. The molecule has 0 radical (unpaired) electrons. The summed E-state index contributed by atoms with van der Waals surface area (Å²) in [5.41, 5.74) is 0.191. The SMILES string of the molecule is CCCCOC1=C([N+](=O)[O-])C=C(C(=O)OC(C)C)CC1. The van der Waals surface area contributed by atoms with Gasteiger partial charge in [-0.3, -0.25) is 10.1 Å². The molecule has 0 aromatic carbocycles. The molecule has 1 rings (SSSR count). The summed E-state index contributed by atoms with van der Waals surface area (Å²) in [4.78, 5) is 22.3. The van der Waals surface area contributed by atoms with Gasteiger partial charge < -0.3 is 9.47 Å². The first kappa shape index (κ1) is 16.2. The predicted octanol–water partition coefficient (Wildman–Crippen LogP) is 2.96. The first-order valence-electron chi connectivity index (χ1n) is 6.87. The van der Waals surface area contributed by atoms with Gasteiger partial charge in [-0.15, -0.1) is 0 Å². The van der Waals surface area contributed by atoms with Gasteiger partial charge in [-0.25, -0.2) is 4.79 Å². The van der Waals surface area contributed by atoms with Crippen molar-refractivity contribution in [2.45, 2.75) is 52.6 Å². The number of nitrogens with zero attached hydrogens (tertiary/aromatic N) is 1. The number of allylic oxidation sites excluding steroid dienone is 2. The van der Waals surface area contributed by atoms with Gasteiger partial charge in [0.1, 0.15) is 0 Å². The number of esters is 1. The lowest BCUT2D eigenvalue weighted by molar-refractivity contribution is -0.422. The van der Waals surface area contributed by atoms with E-state index >= 15 is 0 Å². The van der Waals surface area contributed by atoms with Gasteiger partial charge in [-0.2, -0.15) is 0 Å². The Morgan fingerprint density at radius 2 is 2.15 bits per heavy atom. The number of nitro groups is 1. The molecule has 0 unspecified atom stereocenters. The van der Waals surface area contributed by atoms with Crippen molar-refractivity contribution in [3.05, 3.63) is 33.2 Å². The molecule has 1 aliphatic rings. The Balaban J connectivity index is 2.85. The van der Waals surface area contributed by atoms with E-state index in [0.717, 1.165) is 12.8 Å². The van der Waals surface area contributed by atoms with E-state index in [1.54, 1.807) is 13.8 Å². The average Bonchev–Trinajstić information content (AvgIpc) is 2.38. The number of carbonyl (C=O) groups excluding carboxylic acids is 1. The molecular weight excluding hydrogens is 262 g/mol. The topological polar surface area (TPSA) is 78.7 Å². The van der Waals surface area contributed by atoms with Crippen molar-refractivity contribution in [2.75, 3.05) is 6.61 Å². The van der Waals surface area contributed by atoms with Crippen molar-refractivity contribution in [3.8, 4) is 0 Å². The standard InChI is InChI=1S/C14H21NO5/c1-4-5-8-19-13-7-6-11(9-12(13)15(17)18)14(16)20-10(2)3/h9-10H,4-8H2,1-3H3. The van der Waals surface area contributed by atoms with Crippen molar-refractivity contribution >= 4 is 5.97 Å². The van der Waals surface area contributed by atoms with Gasteiger partial charge in [-0.1, -0.05) is 13.3 Å². The summed E-state index contributed by atoms with van der Waals surface area (Å²) >= 11 is 0. The zero-order valence-electron chi connectivity index (χ0n) is 12.2. The van der Waals surface area contributed by atoms with Crippen LogP contribution in [0.5, 0.6) is 0 Å². The molecule has 0 aromatic heterocycles. The summed E-state index contributed by atoms with van der Waals surface area (Å²) in [6.45, 7) is 5.96. The quantitative estimate of drug-likeness (QED) is 0.310. The van der Waals surface area contributed by atoms with Gasteiger partial charge in [0.15, 0.2) is 5.76 Å². The fourth-order valence-corrected chi connectivity index (χ4v) is 1.79. The maximum atomic E-state index is 11.8. The summed E-state index contributed by atoms with van der Waals surface area (Å²) in [5.74, 6) is -0.142. The maximum absolute atomic E-state index is 11.8. The minimum absolute atomic E-state index is 0.136. The van der Waals surface area contributed by atoms with E-state index in [0.29, 0.717) is 30.8 Å². The van der Waals surface area contributed by atoms with Gasteiger partial charge >= 0.3 is 11.7 Å². The second-order valence-electron chi connectivity index (χ2n) is 4.89. The van der Waals surface area contributed by atoms with Gasteiger partial charge in [0.2, 0.25) is 0 Å². The first-order chi connectivity index (χ1) is 9.45. The van der Waals surface area contributed by atoms with Gasteiger partial charge in [0.25, 0.3) is 0 Å². The Morgan fingerprint density at radius 3 is 2.70 bits per heavy atom. The van der Waals surface area contributed by atoms with Crippen LogP contribution >= 0.6 is 0 Å².